The molecule has 3 atom stereocenters. The summed E-state index contributed by atoms with van der Waals surface area (Å²) in [6.07, 6.45) is 6.06. The van der Waals surface area contributed by atoms with Gasteiger partial charge in [0.25, 0.3) is 0 Å². The summed E-state index contributed by atoms with van der Waals surface area (Å²) in [5.74, 6) is 1.03. The summed E-state index contributed by atoms with van der Waals surface area (Å²) < 4.78 is 2.42. The molecule has 1 aromatic heterocycles. The SMILES string of the molecule is CSC1CCCC1n1c(C(C)Cl)nc2ccc(C)cc21. The molecule has 0 bridgehead atoms. The molecule has 1 fully saturated rings. The molecule has 0 N–H and O–H groups in total. The highest BCUT2D eigenvalue weighted by molar-refractivity contribution is 7.99. The van der Waals surface area contributed by atoms with Crippen LogP contribution in [0.25, 0.3) is 11.0 Å². The Balaban J connectivity index is 2.20. The van der Waals surface area contributed by atoms with Crippen LogP contribution in [0.4, 0.5) is 0 Å². The van der Waals surface area contributed by atoms with Crippen molar-refractivity contribution in [3.05, 3.63) is 29.6 Å². The summed E-state index contributed by atoms with van der Waals surface area (Å²) in [5.41, 5.74) is 3.61. The maximum absolute atomic E-state index is 6.40. The smallest absolute Gasteiger partial charge is 0.128 e. The second kappa shape index (κ2) is 5.61. The fourth-order valence-electron chi connectivity index (χ4n) is 3.33. The minimum absolute atomic E-state index is 0.0502. The second-order valence-electron chi connectivity index (χ2n) is 5.72. The van der Waals surface area contributed by atoms with Crippen molar-refractivity contribution in [2.24, 2.45) is 0 Å². The Hall–Kier alpha value is -0.670. The number of hydrogen-bond donors (Lipinski definition) is 0. The Morgan fingerprint density at radius 1 is 1.40 bits per heavy atom. The number of aryl methyl sites for hydroxylation is 1. The summed E-state index contributed by atoms with van der Waals surface area (Å²) in [4.78, 5) is 4.79. The molecule has 0 spiro atoms. The highest BCUT2D eigenvalue weighted by Crippen LogP contribution is 2.41. The zero-order valence-electron chi connectivity index (χ0n) is 12.3. The predicted octanol–water partition coefficient (Wildman–Crippen LogP) is 5.10. The van der Waals surface area contributed by atoms with E-state index in [0.717, 1.165) is 11.3 Å². The maximum atomic E-state index is 6.40. The number of nitrogens with zero attached hydrogens (tertiary/aromatic N) is 2. The zero-order valence-corrected chi connectivity index (χ0v) is 13.8. The number of halogens is 1. The first-order valence-corrected chi connectivity index (χ1v) is 8.99. The van der Waals surface area contributed by atoms with Gasteiger partial charge in [0.1, 0.15) is 5.82 Å². The second-order valence-corrected chi connectivity index (χ2v) is 7.45. The van der Waals surface area contributed by atoms with Crippen molar-refractivity contribution in [1.82, 2.24) is 9.55 Å². The number of hydrogen-bond acceptors (Lipinski definition) is 2. The molecule has 4 heteroatoms. The summed E-state index contributed by atoms with van der Waals surface area (Å²) in [5, 5.41) is 0.632. The van der Waals surface area contributed by atoms with Gasteiger partial charge in [0.15, 0.2) is 0 Å². The average molecular weight is 309 g/mol. The van der Waals surface area contributed by atoms with E-state index in [4.69, 9.17) is 16.6 Å². The van der Waals surface area contributed by atoms with Gasteiger partial charge in [-0.3, -0.25) is 0 Å². The summed E-state index contributed by atoms with van der Waals surface area (Å²) in [7, 11) is 0. The number of benzene rings is 1. The van der Waals surface area contributed by atoms with Gasteiger partial charge in [-0.05, 0) is 50.6 Å². The van der Waals surface area contributed by atoms with Crippen LogP contribution >= 0.6 is 23.4 Å². The van der Waals surface area contributed by atoms with Crippen LogP contribution in [-0.2, 0) is 0 Å². The van der Waals surface area contributed by atoms with Crippen LogP contribution in [0.2, 0.25) is 0 Å². The number of rotatable bonds is 3. The Kier molecular flexibility index (Phi) is 4.00. The molecule has 0 radical (unpaired) electrons. The Bertz CT molecular complexity index is 620. The monoisotopic (exact) mass is 308 g/mol. The van der Waals surface area contributed by atoms with Crippen molar-refractivity contribution in [3.8, 4) is 0 Å². The standard InChI is InChI=1S/C16H21ClN2S/c1-10-7-8-12-14(9-10)19(16(18-12)11(2)17)13-5-4-6-15(13)20-3/h7-9,11,13,15H,4-6H2,1-3H3. The molecule has 1 heterocycles. The van der Waals surface area contributed by atoms with Crippen molar-refractivity contribution >= 4 is 34.4 Å². The van der Waals surface area contributed by atoms with Crippen LogP contribution in [0, 0.1) is 6.92 Å². The van der Waals surface area contributed by atoms with Crippen molar-refractivity contribution < 1.29 is 0 Å². The molecule has 3 unspecified atom stereocenters. The lowest BCUT2D eigenvalue weighted by Gasteiger charge is -2.23. The predicted molar refractivity (Wildman–Crippen MR) is 88.9 cm³/mol. The van der Waals surface area contributed by atoms with E-state index in [1.54, 1.807) is 0 Å². The molecular formula is C16H21ClN2S. The fraction of sp³-hybridized carbons (Fsp3) is 0.562. The minimum Gasteiger partial charge on any atom is -0.322 e. The first kappa shape index (κ1) is 14.3. The molecule has 2 nitrogen and oxygen atoms in total. The summed E-state index contributed by atoms with van der Waals surface area (Å²) >= 11 is 8.38. The van der Waals surface area contributed by atoms with Crippen molar-refractivity contribution in [2.45, 2.75) is 49.8 Å². The lowest BCUT2D eigenvalue weighted by molar-refractivity contribution is 0.520. The van der Waals surface area contributed by atoms with Crippen LogP contribution in [-0.4, -0.2) is 21.1 Å². The summed E-state index contributed by atoms with van der Waals surface area (Å²) in [6.45, 7) is 4.16. The van der Waals surface area contributed by atoms with Gasteiger partial charge in [-0.25, -0.2) is 4.98 Å². The zero-order chi connectivity index (χ0) is 14.3. The first-order valence-electron chi connectivity index (χ1n) is 7.27. The highest BCUT2D eigenvalue weighted by Gasteiger charge is 2.31. The number of imidazole rings is 1. The molecule has 1 aliphatic carbocycles. The topological polar surface area (TPSA) is 17.8 Å². The van der Waals surface area contributed by atoms with E-state index in [2.05, 4.69) is 35.9 Å². The molecule has 1 aliphatic rings. The van der Waals surface area contributed by atoms with Crippen LogP contribution < -0.4 is 0 Å². The Morgan fingerprint density at radius 3 is 2.90 bits per heavy atom. The quantitative estimate of drug-likeness (QED) is 0.734. The third kappa shape index (κ3) is 2.35. The molecule has 0 amide bonds. The van der Waals surface area contributed by atoms with Gasteiger partial charge in [0.05, 0.1) is 16.4 Å². The number of alkyl halides is 1. The lowest BCUT2D eigenvalue weighted by atomic mass is 10.2. The number of thioether (sulfide) groups is 1. The molecule has 108 valence electrons. The molecule has 20 heavy (non-hydrogen) atoms. The van der Waals surface area contributed by atoms with Gasteiger partial charge in [-0.15, -0.1) is 11.6 Å². The van der Waals surface area contributed by atoms with Crippen molar-refractivity contribution in [2.75, 3.05) is 6.26 Å². The Morgan fingerprint density at radius 2 is 2.20 bits per heavy atom. The van der Waals surface area contributed by atoms with E-state index in [1.807, 2.05) is 18.7 Å². The minimum atomic E-state index is -0.0502. The lowest BCUT2D eigenvalue weighted by Crippen LogP contribution is -2.18. The molecule has 0 saturated heterocycles. The molecule has 2 aromatic rings. The van der Waals surface area contributed by atoms with Crippen LogP contribution in [0.5, 0.6) is 0 Å². The first-order chi connectivity index (χ1) is 9.61. The van der Waals surface area contributed by atoms with Gasteiger partial charge < -0.3 is 4.57 Å². The average Bonchev–Trinajstić information content (AvgIpc) is 3.00. The maximum Gasteiger partial charge on any atom is 0.128 e. The third-order valence-corrected chi connectivity index (χ3v) is 5.63. The van der Waals surface area contributed by atoms with Gasteiger partial charge in [-0.2, -0.15) is 11.8 Å². The molecule has 1 saturated carbocycles. The van der Waals surface area contributed by atoms with E-state index < -0.39 is 0 Å². The highest BCUT2D eigenvalue weighted by atomic mass is 35.5. The van der Waals surface area contributed by atoms with Crippen molar-refractivity contribution in [3.63, 3.8) is 0 Å². The summed E-state index contributed by atoms with van der Waals surface area (Å²) in [6, 6.07) is 7.03. The normalized spacial score (nSPS) is 24.4. The fourth-order valence-corrected chi connectivity index (χ4v) is 4.46. The van der Waals surface area contributed by atoms with Gasteiger partial charge in [0.2, 0.25) is 0 Å². The van der Waals surface area contributed by atoms with Crippen LogP contribution in [0.3, 0.4) is 0 Å². The molecule has 3 rings (SSSR count). The molecule has 1 aromatic carbocycles. The Labute approximate surface area is 129 Å². The number of aromatic nitrogens is 2. The molecular weight excluding hydrogens is 288 g/mol. The van der Waals surface area contributed by atoms with E-state index in [0.29, 0.717) is 11.3 Å². The largest absolute Gasteiger partial charge is 0.322 e. The van der Waals surface area contributed by atoms with Gasteiger partial charge in [-0.1, -0.05) is 12.5 Å². The van der Waals surface area contributed by atoms with E-state index in [1.165, 1.54) is 30.3 Å². The van der Waals surface area contributed by atoms with E-state index in [9.17, 15) is 0 Å². The molecule has 0 aliphatic heterocycles. The van der Waals surface area contributed by atoms with Crippen LogP contribution in [0.15, 0.2) is 18.2 Å². The van der Waals surface area contributed by atoms with E-state index >= 15 is 0 Å². The number of fused-ring (bicyclic) bond motifs is 1. The van der Waals surface area contributed by atoms with Crippen LogP contribution in [0.1, 0.15) is 49.0 Å². The van der Waals surface area contributed by atoms with Crippen molar-refractivity contribution in [1.29, 1.82) is 0 Å². The van der Waals surface area contributed by atoms with Gasteiger partial charge >= 0.3 is 0 Å². The van der Waals surface area contributed by atoms with Gasteiger partial charge in [0, 0.05) is 11.3 Å². The van der Waals surface area contributed by atoms with E-state index in [-0.39, 0.29) is 5.38 Å². The third-order valence-electron chi connectivity index (χ3n) is 4.28.